The third-order valence-electron chi connectivity index (χ3n) is 6.52. The van der Waals surface area contributed by atoms with Gasteiger partial charge in [0.1, 0.15) is 5.75 Å². The molecule has 3 unspecified atom stereocenters. The first-order valence-electron chi connectivity index (χ1n) is 10.8. The third kappa shape index (κ3) is 3.65. The van der Waals surface area contributed by atoms with Crippen molar-refractivity contribution in [1.29, 1.82) is 0 Å². The molecule has 0 fully saturated rings. The van der Waals surface area contributed by atoms with Crippen molar-refractivity contribution < 1.29 is 13.5 Å². The molecule has 1 aliphatic carbocycles. The number of hydrogen-bond acceptors (Lipinski definition) is 4. The molecule has 0 radical (unpaired) electrons. The second kappa shape index (κ2) is 7.71. The zero-order valence-corrected chi connectivity index (χ0v) is 18.9. The van der Waals surface area contributed by atoms with Crippen molar-refractivity contribution in [3.63, 3.8) is 0 Å². The highest BCUT2D eigenvalue weighted by molar-refractivity contribution is 7.92. The minimum absolute atomic E-state index is 0.0962. The molecule has 0 spiro atoms. The second-order valence-corrected chi connectivity index (χ2v) is 10.4. The summed E-state index contributed by atoms with van der Waals surface area (Å²) >= 11 is 0. The van der Waals surface area contributed by atoms with Crippen LogP contribution in [0.2, 0.25) is 0 Å². The molecule has 5 rings (SSSR count). The van der Waals surface area contributed by atoms with Gasteiger partial charge in [0.25, 0.3) is 10.0 Å². The van der Waals surface area contributed by atoms with E-state index >= 15 is 0 Å². The van der Waals surface area contributed by atoms with Crippen LogP contribution in [0.1, 0.15) is 40.6 Å². The van der Waals surface area contributed by atoms with Crippen LogP contribution in [0.5, 0.6) is 5.75 Å². The van der Waals surface area contributed by atoms with E-state index < -0.39 is 10.0 Å². The van der Waals surface area contributed by atoms with Gasteiger partial charge < -0.3 is 10.4 Å². The van der Waals surface area contributed by atoms with Gasteiger partial charge in [-0.05, 0) is 79.3 Å². The molecule has 2 aliphatic rings. The van der Waals surface area contributed by atoms with Crippen LogP contribution in [0.3, 0.4) is 0 Å². The lowest BCUT2D eigenvalue weighted by molar-refractivity contribution is 0.424. The van der Waals surface area contributed by atoms with Gasteiger partial charge >= 0.3 is 0 Å². The van der Waals surface area contributed by atoms with Gasteiger partial charge in [0.2, 0.25) is 0 Å². The molecule has 3 aromatic carbocycles. The molecule has 3 atom stereocenters. The molecular formula is C26H26N2O3S. The van der Waals surface area contributed by atoms with Crippen LogP contribution in [0.4, 0.5) is 11.4 Å². The van der Waals surface area contributed by atoms with Crippen LogP contribution in [-0.4, -0.2) is 13.5 Å². The molecule has 6 heteroatoms. The van der Waals surface area contributed by atoms with Gasteiger partial charge in [0.15, 0.2) is 0 Å². The van der Waals surface area contributed by atoms with Gasteiger partial charge in [-0.2, -0.15) is 0 Å². The minimum Gasteiger partial charge on any atom is -0.508 e. The predicted octanol–water partition coefficient (Wildman–Crippen LogP) is 5.64. The highest BCUT2D eigenvalue weighted by Crippen LogP contribution is 2.50. The molecular weight excluding hydrogens is 420 g/mol. The summed E-state index contributed by atoms with van der Waals surface area (Å²) in [4.78, 5) is 0.264. The number of fused-ring (bicyclic) bond motifs is 3. The summed E-state index contributed by atoms with van der Waals surface area (Å²) in [7, 11) is -3.71. The lowest BCUT2D eigenvalue weighted by Gasteiger charge is -2.37. The Balaban J connectivity index is 1.49. The normalized spacial score (nSPS) is 21.5. The number of rotatable bonds is 4. The number of hydrogen-bond donors (Lipinski definition) is 3. The molecule has 0 bridgehead atoms. The number of sulfonamides is 1. The van der Waals surface area contributed by atoms with Crippen molar-refractivity contribution in [2.45, 2.75) is 37.1 Å². The first-order valence-corrected chi connectivity index (χ1v) is 12.3. The van der Waals surface area contributed by atoms with Crippen molar-refractivity contribution in [3.05, 3.63) is 95.1 Å². The van der Waals surface area contributed by atoms with E-state index in [1.807, 2.05) is 44.2 Å². The number of aromatic hydroxyl groups is 1. The molecule has 5 nitrogen and oxygen atoms in total. The molecule has 1 aliphatic heterocycles. The number of aryl methyl sites for hydroxylation is 2. The van der Waals surface area contributed by atoms with E-state index in [0.29, 0.717) is 5.69 Å². The third-order valence-corrected chi connectivity index (χ3v) is 7.89. The molecule has 164 valence electrons. The number of phenols is 1. The average Bonchev–Trinajstić information content (AvgIpc) is 3.26. The smallest absolute Gasteiger partial charge is 0.261 e. The Morgan fingerprint density at radius 1 is 1.00 bits per heavy atom. The first-order chi connectivity index (χ1) is 15.3. The summed E-state index contributed by atoms with van der Waals surface area (Å²) in [5.74, 6) is 0.677. The van der Waals surface area contributed by atoms with E-state index in [2.05, 4.69) is 22.2 Å². The maximum atomic E-state index is 13.2. The van der Waals surface area contributed by atoms with E-state index in [1.54, 1.807) is 30.3 Å². The fourth-order valence-corrected chi connectivity index (χ4v) is 6.05. The predicted molar refractivity (Wildman–Crippen MR) is 128 cm³/mol. The molecule has 0 saturated carbocycles. The fraction of sp³-hybridized carbons (Fsp3) is 0.231. The van der Waals surface area contributed by atoms with Crippen molar-refractivity contribution in [2.75, 3.05) is 10.0 Å². The van der Waals surface area contributed by atoms with Crippen LogP contribution in [0.15, 0.2) is 77.7 Å². The van der Waals surface area contributed by atoms with Crippen molar-refractivity contribution in [1.82, 2.24) is 0 Å². The van der Waals surface area contributed by atoms with Crippen molar-refractivity contribution in [2.24, 2.45) is 5.92 Å². The molecule has 32 heavy (non-hydrogen) atoms. The SMILES string of the molecule is Cc1ccc(NS(=O)(=O)c2ccc3c(c2)C2C=CCC2C(c2ccc(O)cc2)N3)c(C)c1. The molecule has 0 saturated heterocycles. The monoisotopic (exact) mass is 446 g/mol. The largest absolute Gasteiger partial charge is 0.508 e. The number of phenolic OH excluding ortho intramolecular Hbond substituents is 1. The Labute approximate surface area is 188 Å². The Bertz CT molecular complexity index is 1310. The lowest BCUT2D eigenvalue weighted by Crippen LogP contribution is -2.29. The standard InChI is InChI=1S/C26H26N2O3S/c1-16-6-12-24(17(2)14-16)28-32(30,31)20-11-13-25-23(15-20)21-4-3-5-22(21)26(27-25)18-7-9-19(29)10-8-18/h3-4,6-15,21-22,26-29H,5H2,1-2H3. The number of benzene rings is 3. The zero-order chi connectivity index (χ0) is 22.5. The highest BCUT2D eigenvalue weighted by atomic mass is 32.2. The first kappa shape index (κ1) is 20.6. The van der Waals surface area contributed by atoms with Gasteiger partial charge in [-0.1, -0.05) is 42.0 Å². The maximum Gasteiger partial charge on any atom is 0.261 e. The number of allylic oxidation sites excluding steroid dienone is 2. The van der Waals surface area contributed by atoms with Crippen molar-refractivity contribution >= 4 is 21.4 Å². The summed E-state index contributed by atoms with van der Waals surface area (Å²) < 4.78 is 29.1. The Morgan fingerprint density at radius 3 is 2.53 bits per heavy atom. The summed E-state index contributed by atoms with van der Waals surface area (Å²) in [6.45, 7) is 3.89. The topological polar surface area (TPSA) is 78.4 Å². The average molecular weight is 447 g/mol. The van der Waals surface area contributed by atoms with E-state index in [9.17, 15) is 13.5 Å². The maximum absolute atomic E-state index is 13.2. The molecule has 3 N–H and O–H groups in total. The van der Waals surface area contributed by atoms with Crippen LogP contribution < -0.4 is 10.0 Å². The summed E-state index contributed by atoms with van der Waals surface area (Å²) in [6, 6.07) is 18.4. The molecule has 0 amide bonds. The van der Waals surface area contributed by atoms with Crippen LogP contribution in [0.25, 0.3) is 0 Å². The fourth-order valence-electron chi connectivity index (χ4n) is 4.88. The molecule has 3 aromatic rings. The quantitative estimate of drug-likeness (QED) is 0.454. The Hall–Kier alpha value is -3.25. The van der Waals surface area contributed by atoms with Crippen LogP contribution in [-0.2, 0) is 10.0 Å². The van der Waals surface area contributed by atoms with Gasteiger partial charge in [0, 0.05) is 11.6 Å². The highest BCUT2D eigenvalue weighted by Gasteiger charge is 2.38. The summed E-state index contributed by atoms with van der Waals surface area (Å²) in [5, 5.41) is 13.3. The zero-order valence-electron chi connectivity index (χ0n) is 18.0. The number of nitrogens with one attached hydrogen (secondary N) is 2. The summed E-state index contributed by atoms with van der Waals surface area (Å²) in [5.41, 5.74) is 5.64. The minimum atomic E-state index is -3.71. The van der Waals surface area contributed by atoms with Gasteiger partial charge in [0.05, 0.1) is 16.6 Å². The van der Waals surface area contributed by atoms with E-state index in [1.165, 1.54) is 0 Å². The van der Waals surface area contributed by atoms with Gasteiger partial charge in [-0.3, -0.25) is 4.72 Å². The Kier molecular flexibility index (Phi) is 4.97. The van der Waals surface area contributed by atoms with Crippen LogP contribution in [0, 0.1) is 19.8 Å². The van der Waals surface area contributed by atoms with Gasteiger partial charge in [-0.15, -0.1) is 0 Å². The molecule has 0 aromatic heterocycles. The Morgan fingerprint density at radius 2 is 1.78 bits per heavy atom. The lowest BCUT2D eigenvalue weighted by atomic mass is 9.77. The van der Waals surface area contributed by atoms with E-state index in [0.717, 1.165) is 34.4 Å². The molecule has 1 heterocycles. The summed E-state index contributed by atoms with van der Waals surface area (Å²) in [6.07, 6.45) is 5.28. The van der Waals surface area contributed by atoms with Crippen LogP contribution >= 0.6 is 0 Å². The van der Waals surface area contributed by atoms with Gasteiger partial charge in [-0.25, -0.2) is 8.42 Å². The van der Waals surface area contributed by atoms with E-state index in [-0.39, 0.29) is 28.5 Å². The second-order valence-electron chi connectivity index (χ2n) is 8.74. The van der Waals surface area contributed by atoms with E-state index in [4.69, 9.17) is 0 Å². The van der Waals surface area contributed by atoms with Crippen molar-refractivity contribution in [3.8, 4) is 5.75 Å². The number of anilines is 2.